The third-order valence-electron chi connectivity index (χ3n) is 3.95. The van der Waals surface area contributed by atoms with E-state index in [1.165, 1.54) is 4.88 Å². The largest absolute Gasteiger partial charge is 0.481 e. The summed E-state index contributed by atoms with van der Waals surface area (Å²) in [7, 11) is 0. The fraction of sp³-hybridized carbons (Fsp3) is 0.600. The van der Waals surface area contributed by atoms with Crippen LogP contribution in [0.15, 0.2) is 6.07 Å². The van der Waals surface area contributed by atoms with Gasteiger partial charge in [0.1, 0.15) is 0 Å². The monoisotopic (exact) mass is 295 g/mol. The number of aliphatic carboxylic acids is 1. The number of nitrogens with zero attached hydrogens (tertiary/aromatic N) is 1. The molecule has 1 aromatic heterocycles. The van der Waals surface area contributed by atoms with E-state index in [1.807, 2.05) is 24.8 Å². The van der Waals surface area contributed by atoms with Crippen LogP contribution in [0.2, 0.25) is 0 Å². The van der Waals surface area contributed by atoms with Gasteiger partial charge in [0.15, 0.2) is 0 Å². The van der Waals surface area contributed by atoms with Crippen LogP contribution in [0.1, 0.15) is 45.8 Å². The summed E-state index contributed by atoms with van der Waals surface area (Å²) in [4.78, 5) is 27.0. The second kappa shape index (κ2) is 6.39. The minimum atomic E-state index is -0.752. The van der Waals surface area contributed by atoms with Crippen LogP contribution >= 0.6 is 11.3 Å². The van der Waals surface area contributed by atoms with Crippen molar-refractivity contribution in [3.05, 3.63) is 21.4 Å². The Labute approximate surface area is 123 Å². The van der Waals surface area contributed by atoms with Gasteiger partial charge in [-0.15, -0.1) is 11.3 Å². The number of piperidine rings is 1. The molecule has 0 unspecified atom stereocenters. The lowest BCUT2D eigenvalue weighted by Gasteiger charge is -2.32. The molecule has 0 aliphatic carbocycles. The Kier molecular flexibility index (Phi) is 4.81. The molecular formula is C15H21NO3S. The van der Waals surface area contributed by atoms with E-state index in [2.05, 4.69) is 0 Å². The SMILES string of the molecule is Cc1cc(C(=O)N2CCC[C@@H](CCC(=O)O)C2)sc1C. The predicted octanol–water partition coefficient (Wildman–Crippen LogP) is 3.08. The van der Waals surface area contributed by atoms with Crippen molar-refractivity contribution in [2.24, 2.45) is 5.92 Å². The summed E-state index contributed by atoms with van der Waals surface area (Å²) in [5.41, 5.74) is 1.16. The smallest absolute Gasteiger partial charge is 0.303 e. The third kappa shape index (κ3) is 3.60. The topological polar surface area (TPSA) is 57.6 Å². The number of hydrogen-bond acceptors (Lipinski definition) is 3. The number of hydrogen-bond donors (Lipinski definition) is 1. The van der Waals surface area contributed by atoms with Gasteiger partial charge in [0, 0.05) is 24.4 Å². The second-order valence-corrected chi connectivity index (χ2v) is 6.80. The summed E-state index contributed by atoms with van der Waals surface area (Å²) in [6.45, 7) is 5.54. The minimum absolute atomic E-state index is 0.103. The molecule has 1 saturated heterocycles. The highest BCUT2D eigenvalue weighted by Crippen LogP contribution is 2.26. The van der Waals surface area contributed by atoms with Crippen LogP contribution in [0, 0.1) is 19.8 Å². The van der Waals surface area contributed by atoms with Crippen molar-refractivity contribution in [1.82, 2.24) is 4.90 Å². The Morgan fingerprint density at radius 2 is 2.20 bits per heavy atom. The number of aryl methyl sites for hydroxylation is 2. The van der Waals surface area contributed by atoms with E-state index in [0.29, 0.717) is 18.9 Å². The number of rotatable bonds is 4. The zero-order valence-electron chi connectivity index (χ0n) is 12.0. The van der Waals surface area contributed by atoms with Crippen LogP contribution in [-0.4, -0.2) is 35.0 Å². The second-order valence-electron chi connectivity index (χ2n) is 5.54. The standard InChI is InChI=1S/C15H21NO3S/c1-10-8-13(20-11(10)2)15(19)16-7-3-4-12(9-16)5-6-14(17)18/h8,12H,3-7,9H2,1-2H3,(H,17,18)/t12-/m0/s1. The average molecular weight is 295 g/mol. The Bertz CT molecular complexity index is 490. The van der Waals surface area contributed by atoms with Crippen molar-refractivity contribution < 1.29 is 14.7 Å². The Hall–Kier alpha value is -1.36. The van der Waals surface area contributed by atoms with Gasteiger partial charge in [0.05, 0.1) is 4.88 Å². The average Bonchev–Trinajstić information content (AvgIpc) is 2.76. The van der Waals surface area contributed by atoms with Crippen molar-refractivity contribution in [2.75, 3.05) is 13.1 Å². The Morgan fingerprint density at radius 1 is 1.45 bits per heavy atom. The summed E-state index contributed by atoms with van der Waals surface area (Å²) in [6.07, 6.45) is 2.87. The molecule has 1 amide bonds. The molecule has 0 radical (unpaired) electrons. The van der Waals surface area contributed by atoms with E-state index in [9.17, 15) is 9.59 Å². The van der Waals surface area contributed by atoms with Crippen LogP contribution in [0.5, 0.6) is 0 Å². The fourth-order valence-corrected chi connectivity index (χ4v) is 3.65. The Balaban J connectivity index is 1.97. The number of amides is 1. The quantitative estimate of drug-likeness (QED) is 0.928. The number of carbonyl (C=O) groups is 2. The van der Waals surface area contributed by atoms with E-state index in [1.54, 1.807) is 11.3 Å². The van der Waals surface area contributed by atoms with Gasteiger partial charge in [-0.3, -0.25) is 9.59 Å². The van der Waals surface area contributed by atoms with Crippen molar-refractivity contribution in [3.8, 4) is 0 Å². The van der Waals surface area contributed by atoms with E-state index in [-0.39, 0.29) is 12.3 Å². The van der Waals surface area contributed by atoms with Gasteiger partial charge in [0.2, 0.25) is 0 Å². The summed E-state index contributed by atoms with van der Waals surface area (Å²) in [5.74, 6) is -0.324. The molecule has 4 nitrogen and oxygen atoms in total. The zero-order valence-corrected chi connectivity index (χ0v) is 12.8. The van der Waals surface area contributed by atoms with Gasteiger partial charge < -0.3 is 10.0 Å². The van der Waals surface area contributed by atoms with Crippen molar-refractivity contribution in [3.63, 3.8) is 0 Å². The number of likely N-dealkylation sites (tertiary alicyclic amines) is 1. The molecule has 1 aliphatic rings. The predicted molar refractivity (Wildman–Crippen MR) is 79.3 cm³/mol. The molecule has 110 valence electrons. The summed E-state index contributed by atoms with van der Waals surface area (Å²) < 4.78 is 0. The highest BCUT2D eigenvalue weighted by atomic mass is 32.1. The molecule has 1 aliphatic heterocycles. The molecule has 0 bridgehead atoms. The van der Waals surface area contributed by atoms with E-state index >= 15 is 0 Å². The summed E-state index contributed by atoms with van der Waals surface area (Å²) in [5, 5.41) is 8.75. The fourth-order valence-electron chi connectivity index (χ4n) is 2.65. The maximum absolute atomic E-state index is 12.5. The first-order valence-corrected chi connectivity index (χ1v) is 7.87. The lowest BCUT2D eigenvalue weighted by atomic mass is 9.93. The lowest BCUT2D eigenvalue weighted by molar-refractivity contribution is -0.137. The molecule has 2 heterocycles. The van der Waals surface area contributed by atoms with Crippen molar-refractivity contribution in [1.29, 1.82) is 0 Å². The maximum Gasteiger partial charge on any atom is 0.303 e. The molecule has 0 aromatic carbocycles. The van der Waals surface area contributed by atoms with Crippen molar-refractivity contribution in [2.45, 2.75) is 39.5 Å². The van der Waals surface area contributed by atoms with Gasteiger partial charge in [-0.2, -0.15) is 0 Å². The number of carboxylic acids is 1. The number of carbonyl (C=O) groups excluding carboxylic acids is 1. The summed E-state index contributed by atoms with van der Waals surface area (Å²) in [6, 6.07) is 1.96. The third-order valence-corrected chi connectivity index (χ3v) is 5.09. The summed E-state index contributed by atoms with van der Waals surface area (Å²) >= 11 is 1.55. The van der Waals surface area contributed by atoms with Gasteiger partial charge in [-0.05, 0) is 50.7 Å². The van der Waals surface area contributed by atoms with Gasteiger partial charge in [-0.25, -0.2) is 0 Å². The first-order valence-electron chi connectivity index (χ1n) is 7.05. The molecular weight excluding hydrogens is 274 g/mol. The van der Waals surface area contributed by atoms with E-state index in [4.69, 9.17) is 5.11 Å². The first-order chi connectivity index (χ1) is 9.47. The number of thiophene rings is 1. The van der Waals surface area contributed by atoms with Crippen molar-refractivity contribution >= 4 is 23.2 Å². The molecule has 1 atom stereocenters. The van der Waals surface area contributed by atoms with Crippen LogP contribution in [0.3, 0.4) is 0 Å². The zero-order chi connectivity index (χ0) is 14.7. The molecule has 0 saturated carbocycles. The number of carboxylic acid groups (broad SMARTS) is 1. The highest BCUT2D eigenvalue weighted by molar-refractivity contribution is 7.14. The molecule has 20 heavy (non-hydrogen) atoms. The molecule has 1 fully saturated rings. The molecule has 0 spiro atoms. The van der Waals surface area contributed by atoms with E-state index < -0.39 is 5.97 Å². The molecule has 1 N–H and O–H groups in total. The Morgan fingerprint density at radius 3 is 2.80 bits per heavy atom. The highest BCUT2D eigenvalue weighted by Gasteiger charge is 2.25. The lowest BCUT2D eigenvalue weighted by Crippen LogP contribution is -2.39. The van der Waals surface area contributed by atoms with Crippen LogP contribution in [-0.2, 0) is 4.79 Å². The maximum atomic E-state index is 12.5. The van der Waals surface area contributed by atoms with Crippen LogP contribution < -0.4 is 0 Å². The normalized spacial score (nSPS) is 19.1. The molecule has 5 heteroatoms. The molecule has 1 aromatic rings. The van der Waals surface area contributed by atoms with Crippen LogP contribution in [0.4, 0.5) is 0 Å². The first kappa shape index (κ1) is 15.0. The van der Waals surface area contributed by atoms with Gasteiger partial charge in [0.25, 0.3) is 5.91 Å². The van der Waals surface area contributed by atoms with Gasteiger partial charge in [-0.1, -0.05) is 0 Å². The minimum Gasteiger partial charge on any atom is -0.481 e. The van der Waals surface area contributed by atoms with Crippen LogP contribution in [0.25, 0.3) is 0 Å². The van der Waals surface area contributed by atoms with E-state index in [0.717, 1.165) is 29.8 Å². The van der Waals surface area contributed by atoms with Gasteiger partial charge >= 0.3 is 5.97 Å². The molecule has 2 rings (SSSR count).